The molecule has 2 unspecified atom stereocenters. The first kappa shape index (κ1) is 17.6. The monoisotopic (exact) mass is 360 g/mol. The van der Waals surface area contributed by atoms with Gasteiger partial charge in [0.05, 0.1) is 6.04 Å². The fraction of sp³-hybridized carbons (Fsp3) is 0.318. The van der Waals surface area contributed by atoms with Crippen molar-refractivity contribution in [3.8, 4) is 11.5 Å². The Morgan fingerprint density at radius 1 is 1.04 bits per heavy atom. The van der Waals surface area contributed by atoms with Crippen molar-refractivity contribution in [3.63, 3.8) is 0 Å². The Balaban J connectivity index is 1.60. The van der Waals surface area contributed by atoms with Gasteiger partial charge in [0.2, 0.25) is 0 Å². The van der Waals surface area contributed by atoms with Crippen LogP contribution in [0.1, 0.15) is 35.8 Å². The van der Waals surface area contributed by atoms with Gasteiger partial charge in [-0.1, -0.05) is 35.9 Å². The van der Waals surface area contributed by atoms with E-state index < -0.39 is 0 Å². The van der Waals surface area contributed by atoms with E-state index in [1.165, 1.54) is 11.1 Å². The van der Waals surface area contributed by atoms with Crippen LogP contribution in [0.25, 0.3) is 11.5 Å². The van der Waals surface area contributed by atoms with Gasteiger partial charge in [0, 0.05) is 24.6 Å². The molecule has 5 nitrogen and oxygen atoms in total. The van der Waals surface area contributed by atoms with Gasteiger partial charge >= 0.3 is 0 Å². The van der Waals surface area contributed by atoms with Crippen LogP contribution in [0.15, 0.2) is 54.7 Å². The SMILES string of the molecule is Cc1ccc(C2OCCCC2Nc2cc(C)nc(-c3ccccn3)n2)cc1. The third-order valence-electron chi connectivity index (χ3n) is 4.81. The maximum absolute atomic E-state index is 6.12. The minimum absolute atomic E-state index is 0.0212. The molecule has 2 aromatic heterocycles. The average Bonchev–Trinajstić information content (AvgIpc) is 2.69. The summed E-state index contributed by atoms with van der Waals surface area (Å²) in [6.07, 6.45) is 3.86. The minimum atomic E-state index is 0.0212. The molecule has 0 spiro atoms. The molecule has 1 aliphatic rings. The molecule has 1 aromatic carbocycles. The van der Waals surface area contributed by atoms with E-state index in [0.29, 0.717) is 5.82 Å². The first-order chi connectivity index (χ1) is 13.2. The lowest BCUT2D eigenvalue weighted by atomic mass is 9.95. The van der Waals surface area contributed by atoms with Crippen molar-refractivity contribution in [2.45, 2.75) is 38.8 Å². The zero-order chi connectivity index (χ0) is 18.6. The zero-order valence-corrected chi connectivity index (χ0v) is 15.7. The molecule has 0 bridgehead atoms. The van der Waals surface area contributed by atoms with Crippen LogP contribution in [0, 0.1) is 13.8 Å². The number of benzene rings is 1. The number of pyridine rings is 1. The first-order valence-electron chi connectivity index (χ1n) is 9.41. The maximum atomic E-state index is 6.12. The van der Waals surface area contributed by atoms with Gasteiger partial charge < -0.3 is 10.1 Å². The smallest absolute Gasteiger partial charge is 0.180 e. The molecule has 4 rings (SSSR count). The molecule has 27 heavy (non-hydrogen) atoms. The number of anilines is 1. The Labute approximate surface area is 159 Å². The lowest BCUT2D eigenvalue weighted by Gasteiger charge is -2.33. The van der Waals surface area contributed by atoms with Crippen molar-refractivity contribution in [1.29, 1.82) is 0 Å². The molecule has 138 valence electrons. The number of aryl methyl sites for hydroxylation is 2. The summed E-state index contributed by atoms with van der Waals surface area (Å²) in [7, 11) is 0. The van der Waals surface area contributed by atoms with E-state index in [9.17, 15) is 0 Å². The Morgan fingerprint density at radius 3 is 2.67 bits per heavy atom. The molecule has 1 aliphatic heterocycles. The molecule has 0 amide bonds. The third kappa shape index (κ3) is 4.14. The van der Waals surface area contributed by atoms with Gasteiger partial charge in [-0.15, -0.1) is 0 Å². The van der Waals surface area contributed by atoms with Crippen LogP contribution in [0.3, 0.4) is 0 Å². The molecule has 1 saturated heterocycles. The number of hydrogen-bond acceptors (Lipinski definition) is 5. The lowest BCUT2D eigenvalue weighted by Crippen LogP contribution is -2.34. The van der Waals surface area contributed by atoms with E-state index in [1.54, 1.807) is 6.20 Å². The molecule has 2 atom stereocenters. The molecular formula is C22H24N4O. The van der Waals surface area contributed by atoms with Gasteiger partial charge in [0.25, 0.3) is 0 Å². The van der Waals surface area contributed by atoms with Crippen LogP contribution in [0.4, 0.5) is 5.82 Å². The molecule has 5 heteroatoms. The Morgan fingerprint density at radius 2 is 1.89 bits per heavy atom. The number of hydrogen-bond donors (Lipinski definition) is 1. The maximum Gasteiger partial charge on any atom is 0.180 e. The normalized spacial score (nSPS) is 19.6. The second-order valence-corrected chi connectivity index (χ2v) is 7.03. The summed E-state index contributed by atoms with van der Waals surface area (Å²) in [4.78, 5) is 13.6. The van der Waals surface area contributed by atoms with Crippen molar-refractivity contribution in [2.75, 3.05) is 11.9 Å². The van der Waals surface area contributed by atoms with Crippen LogP contribution < -0.4 is 5.32 Å². The highest BCUT2D eigenvalue weighted by Gasteiger charge is 2.28. The lowest BCUT2D eigenvalue weighted by molar-refractivity contribution is 0.00555. The van der Waals surface area contributed by atoms with Crippen molar-refractivity contribution in [1.82, 2.24) is 15.0 Å². The molecular weight excluding hydrogens is 336 g/mol. The minimum Gasteiger partial charge on any atom is -0.371 e. The molecule has 3 aromatic rings. The van der Waals surface area contributed by atoms with E-state index in [2.05, 4.69) is 46.5 Å². The van der Waals surface area contributed by atoms with E-state index in [-0.39, 0.29) is 12.1 Å². The third-order valence-corrected chi connectivity index (χ3v) is 4.81. The Hall–Kier alpha value is -2.79. The summed E-state index contributed by atoms with van der Waals surface area (Å²) in [5.41, 5.74) is 4.15. The summed E-state index contributed by atoms with van der Waals surface area (Å²) in [5, 5.41) is 3.59. The summed E-state index contributed by atoms with van der Waals surface area (Å²) < 4.78 is 6.12. The standard InChI is InChI=1S/C22H24N4O/c1-15-8-10-17(11-9-15)21-18(7-5-13-27-21)25-20-14-16(2)24-22(26-20)19-6-3-4-12-23-19/h3-4,6,8-12,14,18,21H,5,7,13H2,1-2H3,(H,24,25,26). The van der Waals surface area contributed by atoms with Gasteiger partial charge in [-0.25, -0.2) is 9.97 Å². The highest BCUT2D eigenvalue weighted by molar-refractivity contribution is 5.53. The van der Waals surface area contributed by atoms with Gasteiger partial charge in [0.15, 0.2) is 5.82 Å². The number of ether oxygens (including phenoxy) is 1. The second kappa shape index (κ2) is 7.84. The molecule has 0 saturated carbocycles. The van der Waals surface area contributed by atoms with E-state index in [0.717, 1.165) is 36.7 Å². The molecule has 0 radical (unpaired) electrons. The quantitative estimate of drug-likeness (QED) is 0.743. The van der Waals surface area contributed by atoms with Gasteiger partial charge in [0.1, 0.15) is 17.6 Å². The van der Waals surface area contributed by atoms with Gasteiger partial charge in [-0.05, 0) is 44.4 Å². The Bertz CT molecular complexity index is 896. The highest BCUT2D eigenvalue weighted by atomic mass is 16.5. The first-order valence-corrected chi connectivity index (χ1v) is 9.41. The molecule has 3 heterocycles. The second-order valence-electron chi connectivity index (χ2n) is 7.03. The Kier molecular flexibility index (Phi) is 5.12. The van der Waals surface area contributed by atoms with Crippen molar-refractivity contribution in [3.05, 3.63) is 71.5 Å². The van der Waals surface area contributed by atoms with Crippen LogP contribution in [0.5, 0.6) is 0 Å². The molecule has 1 fully saturated rings. The van der Waals surface area contributed by atoms with Crippen molar-refractivity contribution < 1.29 is 4.74 Å². The van der Waals surface area contributed by atoms with Crippen LogP contribution in [-0.2, 0) is 4.74 Å². The highest BCUT2D eigenvalue weighted by Crippen LogP contribution is 2.31. The van der Waals surface area contributed by atoms with Crippen LogP contribution in [0.2, 0.25) is 0 Å². The van der Waals surface area contributed by atoms with E-state index in [4.69, 9.17) is 9.72 Å². The average molecular weight is 360 g/mol. The van der Waals surface area contributed by atoms with Crippen LogP contribution in [-0.4, -0.2) is 27.6 Å². The molecule has 1 N–H and O–H groups in total. The topological polar surface area (TPSA) is 59.9 Å². The predicted octanol–water partition coefficient (Wildman–Crippen LogP) is 4.49. The fourth-order valence-corrected chi connectivity index (χ4v) is 3.46. The van der Waals surface area contributed by atoms with Crippen molar-refractivity contribution >= 4 is 5.82 Å². The summed E-state index contributed by atoms with van der Waals surface area (Å²) in [6, 6.07) is 16.5. The number of aromatic nitrogens is 3. The zero-order valence-electron chi connectivity index (χ0n) is 15.7. The van der Waals surface area contributed by atoms with Gasteiger partial charge in [-0.3, -0.25) is 4.98 Å². The largest absolute Gasteiger partial charge is 0.371 e. The number of nitrogens with one attached hydrogen (secondary N) is 1. The van der Waals surface area contributed by atoms with E-state index in [1.807, 2.05) is 31.2 Å². The predicted molar refractivity (Wildman–Crippen MR) is 107 cm³/mol. The number of nitrogens with zero attached hydrogens (tertiary/aromatic N) is 3. The summed E-state index contributed by atoms with van der Waals surface area (Å²) in [5.74, 6) is 1.46. The van der Waals surface area contributed by atoms with Crippen LogP contribution >= 0.6 is 0 Å². The van der Waals surface area contributed by atoms with Gasteiger partial charge in [-0.2, -0.15) is 0 Å². The summed E-state index contributed by atoms with van der Waals surface area (Å²) in [6.45, 7) is 4.87. The number of rotatable bonds is 4. The van der Waals surface area contributed by atoms with Crippen molar-refractivity contribution in [2.24, 2.45) is 0 Å². The fourth-order valence-electron chi connectivity index (χ4n) is 3.46. The van der Waals surface area contributed by atoms with E-state index >= 15 is 0 Å². The molecule has 0 aliphatic carbocycles. The summed E-state index contributed by atoms with van der Waals surface area (Å²) >= 11 is 0.